The number of benzene rings is 4. The number of rotatable bonds is 9. The third kappa shape index (κ3) is 6.27. The number of aromatic nitrogens is 5. The number of pyridine rings is 2. The molecule has 0 fully saturated rings. The zero-order chi connectivity index (χ0) is 39.0. The van der Waals surface area contributed by atoms with Gasteiger partial charge in [0, 0.05) is 79.2 Å². The number of hydrogen-bond acceptors (Lipinski definition) is 8. The van der Waals surface area contributed by atoms with Crippen molar-refractivity contribution in [1.29, 1.82) is 0 Å². The molecule has 50 heavy (non-hydrogen) atoms. The summed E-state index contributed by atoms with van der Waals surface area (Å²) < 4.78 is 75.2. The van der Waals surface area contributed by atoms with Gasteiger partial charge in [0.2, 0.25) is 17.7 Å². The Morgan fingerprint density at radius 1 is 0.500 bits per heavy atom. The van der Waals surface area contributed by atoms with E-state index in [9.17, 15) is 0 Å². The van der Waals surface area contributed by atoms with Gasteiger partial charge in [-0.25, -0.2) is 19.9 Å². The number of aryl methyl sites for hydroxylation is 2. The van der Waals surface area contributed by atoms with Crippen molar-refractivity contribution < 1.29 is 27.2 Å². The molecule has 0 bridgehead atoms. The molecule has 0 aliphatic rings. The third-order valence-corrected chi connectivity index (χ3v) is 7.79. The van der Waals surface area contributed by atoms with Crippen molar-refractivity contribution in [3.63, 3.8) is 0 Å². The van der Waals surface area contributed by atoms with Gasteiger partial charge in [0.15, 0.2) is 0 Å². The molecule has 244 valence electrons. The van der Waals surface area contributed by atoms with Crippen LogP contribution in [0.2, 0.25) is 0 Å². The third-order valence-electron chi connectivity index (χ3n) is 7.79. The molecule has 4 aromatic carbocycles. The Bertz CT molecular complexity index is 2560. The van der Waals surface area contributed by atoms with E-state index in [1.54, 1.807) is 102 Å². The summed E-state index contributed by atoms with van der Waals surface area (Å²) in [5, 5.41) is 1.54. The summed E-state index contributed by atoms with van der Waals surface area (Å²) in [6, 6.07) is 35.9. The monoisotopic (exact) mass is 663 g/mol. The van der Waals surface area contributed by atoms with E-state index in [1.807, 2.05) is 36.4 Å². The van der Waals surface area contributed by atoms with Gasteiger partial charge in [-0.1, -0.05) is 24.3 Å². The van der Waals surface area contributed by atoms with Gasteiger partial charge in [-0.05, 0) is 86.9 Å². The first kappa shape index (κ1) is 24.4. The van der Waals surface area contributed by atoms with E-state index in [2.05, 4.69) is 19.9 Å². The van der Waals surface area contributed by atoms with Gasteiger partial charge in [-0.15, -0.1) is 0 Å². The second kappa shape index (κ2) is 13.0. The second-order valence-electron chi connectivity index (χ2n) is 11.2. The van der Waals surface area contributed by atoms with Crippen molar-refractivity contribution in [2.24, 2.45) is 0 Å². The molecule has 0 N–H and O–H groups in total. The molecule has 0 atom stereocenters. The van der Waals surface area contributed by atoms with Gasteiger partial charge in [-0.2, -0.15) is 0 Å². The van der Waals surface area contributed by atoms with E-state index in [-0.39, 0.29) is 11.6 Å². The lowest BCUT2D eigenvalue weighted by molar-refractivity contribution is 0.448. The largest absolute Gasteiger partial charge is 0.457 e. The van der Waals surface area contributed by atoms with Crippen LogP contribution in [0.25, 0.3) is 27.8 Å². The highest BCUT2D eigenvalue weighted by atomic mass is 16.5. The summed E-state index contributed by atoms with van der Waals surface area (Å²) >= 11 is 0. The van der Waals surface area contributed by atoms with Crippen LogP contribution in [0.1, 0.15) is 25.2 Å². The minimum atomic E-state index is -2.85. The van der Waals surface area contributed by atoms with Crippen molar-refractivity contribution in [2.75, 3.05) is 0 Å². The summed E-state index contributed by atoms with van der Waals surface area (Å²) in [5.74, 6) is 3.75. The molecule has 0 aliphatic carbocycles. The van der Waals surface area contributed by atoms with Crippen LogP contribution in [0.5, 0.6) is 46.3 Å². The molecule has 8 aromatic rings. The summed E-state index contributed by atoms with van der Waals surface area (Å²) in [4.78, 5) is 17.5. The maximum Gasteiger partial charge on any atom is 0.235 e. The molecule has 9 heteroatoms. The lowest BCUT2D eigenvalue weighted by Crippen LogP contribution is -2.06. The normalized spacial score (nSPS) is 13.4. The molecule has 4 aromatic heterocycles. The van der Waals surface area contributed by atoms with Gasteiger partial charge in [0.25, 0.3) is 0 Å². The van der Waals surface area contributed by atoms with Gasteiger partial charge >= 0.3 is 0 Å². The van der Waals surface area contributed by atoms with E-state index in [0.717, 1.165) is 10.8 Å². The van der Waals surface area contributed by atoms with Crippen LogP contribution in [0.15, 0.2) is 134 Å². The number of fused-ring (bicyclic) bond motifs is 3. The summed E-state index contributed by atoms with van der Waals surface area (Å²) in [5.41, 5.74) is 0.197. The average Bonchev–Trinajstić information content (AvgIpc) is 3.47. The van der Waals surface area contributed by atoms with Gasteiger partial charge in [-0.3, -0.25) is 4.57 Å². The second-order valence-corrected chi connectivity index (χ2v) is 11.2. The van der Waals surface area contributed by atoms with Crippen molar-refractivity contribution in [3.8, 4) is 52.2 Å². The fourth-order valence-electron chi connectivity index (χ4n) is 5.51. The Hall–Kier alpha value is -6.74. The smallest absolute Gasteiger partial charge is 0.235 e. The Morgan fingerprint density at radius 3 is 1.48 bits per heavy atom. The van der Waals surface area contributed by atoms with E-state index < -0.39 is 25.0 Å². The summed E-state index contributed by atoms with van der Waals surface area (Å²) in [6.07, 6.45) is 3.28. The maximum atomic E-state index is 8.25. The van der Waals surface area contributed by atoms with Crippen LogP contribution in [-0.4, -0.2) is 24.5 Å². The highest BCUT2D eigenvalue weighted by Gasteiger charge is 2.18. The van der Waals surface area contributed by atoms with Gasteiger partial charge in [0.05, 0.1) is 11.0 Å². The fraction of sp³-hybridized carbons (Fsp3) is 0.0732. The SMILES string of the molecule is [2H]C([2H])([2H])c1nc(-n2c3cc(Oc4cccc(Oc5ccccn5)c4)ccc3c3ccc(Oc4cccc(Oc5ccccn5)c4)cc32)nc(C)c1C([2H])([2H])[2H]. The first-order valence-electron chi connectivity index (χ1n) is 18.6. The van der Waals surface area contributed by atoms with E-state index >= 15 is 0 Å². The highest BCUT2D eigenvalue weighted by molar-refractivity contribution is 6.09. The number of nitrogens with zero attached hydrogens (tertiary/aromatic N) is 5. The van der Waals surface area contributed by atoms with Crippen LogP contribution >= 0.6 is 0 Å². The van der Waals surface area contributed by atoms with Crippen molar-refractivity contribution >= 4 is 21.8 Å². The van der Waals surface area contributed by atoms with Crippen LogP contribution in [0.4, 0.5) is 0 Å². The summed E-state index contributed by atoms with van der Waals surface area (Å²) in [6.45, 7) is -4.14. The highest BCUT2D eigenvalue weighted by Crippen LogP contribution is 2.38. The van der Waals surface area contributed by atoms with E-state index in [1.165, 1.54) is 6.92 Å². The Balaban J connectivity index is 1.24. The van der Waals surface area contributed by atoms with E-state index in [4.69, 9.17) is 27.2 Å². The lowest BCUT2D eigenvalue weighted by Gasteiger charge is -2.12. The van der Waals surface area contributed by atoms with Gasteiger partial charge in [0.1, 0.15) is 34.5 Å². The molecule has 0 unspecified atom stereocenters. The molecule has 9 nitrogen and oxygen atoms in total. The predicted molar refractivity (Wildman–Crippen MR) is 192 cm³/mol. The molecule has 0 spiro atoms. The molecule has 0 saturated heterocycles. The Kier molecular flexibility index (Phi) is 6.37. The number of ether oxygens (including phenoxy) is 4. The first-order chi connectivity index (χ1) is 26.9. The Labute approximate surface area is 296 Å². The van der Waals surface area contributed by atoms with Crippen molar-refractivity contribution in [1.82, 2.24) is 24.5 Å². The summed E-state index contributed by atoms with van der Waals surface area (Å²) in [7, 11) is 0. The van der Waals surface area contributed by atoms with Crippen molar-refractivity contribution in [3.05, 3.63) is 151 Å². The van der Waals surface area contributed by atoms with Crippen LogP contribution in [0, 0.1) is 20.6 Å². The van der Waals surface area contributed by atoms with Crippen LogP contribution in [0.3, 0.4) is 0 Å². The molecular weight excluding hydrogens is 626 g/mol. The minimum absolute atomic E-state index is 0.0189. The maximum absolute atomic E-state index is 8.25. The minimum Gasteiger partial charge on any atom is -0.457 e. The molecule has 0 radical (unpaired) electrons. The predicted octanol–water partition coefficient (Wildman–Crippen LogP) is 10.5. The molecule has 0 aliphatic heterocycles. The standard InChI is InChI=1S/C41H31N5O4/c1-26-27(2)44-41(45-28(26)3)46-37-24-33(47-29-10-8-12-31(22-29)49-39-14-4-6-20-42-39)16-18-35(37)36-19-17-34(25-38(36)46)48-30-11-9-13-32(23-30)50-40-15-5-7-21-43-40/h4-25H,1-3H3/i1D3,2D3. The zero-order valence-corrected chi connectivity index (χ0v) is 26.6. The molecule has 4 heterocycles. The molecular formula is C41H31N5O4. The quantitative estimate of drug-likeness (QED) is 0.151. The average molecular weight is 664 g/mol. The fourth-order valence-corrected chi connectivity index (χ4v) is 5.51. The Morgan fingerprint density at radius 2 is 1.00 bits per heavy atom. The van der Waals surface area contributed by atoms with Crippen LogP contribution in [-0.2, 0) is 0 Å². The van der Waals surface area contributed by atoms with Crippen molar-refractivity contribution in [2.45, 2.75) is 20.6 Å². The number of hydrogen-bond donors (Lipinski definition) is 0. The topological polar surface area (TPSA) is 93.4 Å². The first-order valence-corrected chi connectivity index (χ1v) is 15.6. The van der Waals surface area contributed by atoms with E-state index in [0.29, 0.717) is 57.3 Å². The lowest BCUT2D eigenvalue weighted by atomic mass is 10.1. The zero-order valence-electron chi connectivity index (χ0n) is 32.6. The molecule has 0 amide bonds. The molecule has 8 rings (SSSR count). The van der Waals surface area contributed by atoms with Crippen LogP contribution < -0.4 is 18.9 Å². The molecule has 0 saturated carbocycles. The van der Waals surface area contributed by atoms with Gasteiger partial charge < -0.3 is 18.9 Å².